The Bertz CT molecular complexity index is 354. The van der Waals surface area contributed by atoms with Gasteiger partial charge in [0.1, 0.15) is 12.4 Å². The molecule has 0 unspecified atom stereocenters. The van der Waals surface area contributed by atoms with Crippen LogP contribution in [0.4, 0.5) is 10.6 Å². The number of amides is 1. The van der Waals surface area contributed by atoms with E-state index in [1.54, 1.807) is 6.07 Å². The molecule has 0 radical (unpaired) electrons. The average molecular weight is 228 g/mol. The molecular weight excluding hydrogens is 212 g/mol. The monoisotopic (exact) mass is 228 g/mol. The van der Waals surface area contributed by atoms with E-state index in [2.05, 4.69) is 15.2 Å². The first-order chi connectivity index (χ1) is 7.43. The number of aliphatic hydroxyl groups excluding tert-OH is 1. The topological polar surface area (TPSA) is 84.6 Å². The third-order valence-electron chi connectivity index (χ3n) is 1.80. The molecule has 1 aromatic heterocycles. The summed E-state index contributed by atoms with van der Waals surface area (Å²) < 4.78 is 9.67. The van der Waals surface area contributed by atoms with Crippen LogP contribution in [0.1, 0.15) is 26.5 Å². The maximum absolute atomic E-state index is 11.1. The van der Waals surface area contributed by atoms with Crippen molar-refractivity contribution >= 4 is 11.9 Å². The van der Waals surface area contributed by atoms with Crippen LogP contribution in [0.3, 0.4) is 0 Å². The molecule has 1 heterocycles. The predicted octanol–water partition coefficient (Wildman–Crippen LogP) is 1.51. The van der Waals surface area contributed by atoms with Gasteiger partial charge in [-0.2, -0.15) is 0 Å². The number of ether oxygens (including phenoxy) is 1. The molecule has 0 fully saturated rings. The van der Waals surface area contributed by atoms with Crippen LogP contribution in [0.5, 0.6) is 0 Å². The van der Waals surface area contributed by atoms with E-state index < -0.39 is 6.09 Å². The third kappa shape index (κ3) is 3.54. The number of rotatable bonds is 3. The number of anilines is 1. The Labute approximate surface area is 93.6 Å². The van der Waals surface area contributed by atoms with Gasteiger partial charge in [0.25, 0.3) is 0 Å². The van der Waals surface area contributed by atoms with Gasteiger partial charge in [-0.05, 0) is 0 Å². The minimum Gasteiger partial charge on any atom is -0.447 e. The molecular formula is C10H16N2O4. The van der Waals surface area contributed by atoms with E-state index in [0.29, 0.717) is 11.6 Å². The molecule has 6 nitrogen and oxygen atoms in total. The summed E-state index contributed by atoms with van der Waals surface area (Å²) >= 11 is 0. The van der Waals surface area contributed by atoms with Crippen LogP contribution in [0.2, 0.25) is 0 Å². The number of carbonyl (C=O) groups excluding carboxylic acids is 1. The second-order valence-corrected chi connectivity index (χ2v) is 4.31. The Kier molecular flexibility index (Phi) is 3.89. The van der Waals surface area contributed by atoms with Crippen LogP contribution in [-0.4, -0.2) is 29.6 Å². The number of nitrogens with one attached hydrogen (secondary N) is 1. The van der Waals surface area contributed by atoms with Crippen molar-refractivity contribution in [1.29, 1.82) is 0 Å². The Hall–Kier alpha value is -1.56. The molecule has 1 aromatic rings. The number of aromatic nitrogens is 1. The number of aliphatic hydroxyl groups is 1. The lowest BCUT2D eigenvalue weighted by Crippen LogP contribution is -2.16. The highest BCUT2D eigenvalue weighted by molar-refractivity contribution is 5.83. The molecule has 0 atom stereocenters. The Morgan fingerprint density at radius 1 is 1.62 bits per heavy atom. The molecule has 0 aromatic carbocycles. The fraction of sp³-hybridized carbons (Fsp3) is 0.600. The number of hydrogen-bond donors (Lipinski definition) is 2. The van der Waals surface area contributed by atoms with E-state index >= 15 is 0 Å². The van der Waals surface area contributed by atoms with Gasteiger partial charge in [-0.1, -0.05) is 25.9 Å². The van der Waals surface area contributed by atoms with Crippen molar-refractivity contribution in [2.75, 3.05) is 18.5 Å². The maximum atomic E-state index is 11.1. The SMILES string of the molecule is CC(C)(C)c1cc(NC(=O)OCCO)no1. The lowest BCUT2D eigenvalue weighted by atomic mass is 9.93. The first kappa shape index (κ1) is 12.5. The quantitative estimate of drug-likeness (QED) is 0.819. The standard InChI is InChI=1S/C10H16N2O4/c1-10(2,3)7-6-8(12-16-7)11-9(14)15-5-4-13/h6,13H,4-5H2,1-3H3,(H,11,12,14). The second-order valence-electron chi connectivity index (χ2n) is 4.31. The van der Waals surface area contributed by atoms with Gasteiger partial charge in [-0.3, -0.25) is 5.32 Å². The summed E-state index contributed by atoms with van der Waals surface area (Å²) in [6.07, 6.45) is -0.664. The zero-order valence-electron chi connectivity index (χ0n) is 9.61. The highest BCUT2D eigenvalue weighted by Gasteiger charge is 2.20. The highest BCUT2D eigenvalue weighted by Crippen LogP contribution is 2.24. The van der Waals surface area contributed by atoms with Crippen molar-refractivity contribution < 1.29 is 19.2 Å². The van der Waals surface area contributed by atoms with E-state index in [-0.39, 0.29) is 18.6 Å². The van der Waals surface area contributed by atoms with Crippen LogP contribution in [-0.2, 0) is 10.2 Å². The summed E-state index contributed by atoms with van der Waals surface area (Å²) in [5, 5.41) is 14.5. The van der Waals surface area contributed by atoms with Crippen molar-refractivity contribution in [3.63, 3.8) is 0 Å². The molecule has 16 heavy (non-hydrogen) atoms. The van der Waals surface area contributed by atoms with Crippen molar-refractivity contribution in [2.24, 2.45) is 0 Å². The molecule has 0 aliphatic carbocycles. The van der Waals surface area contributed by atoms with E-state index in [1.165, 1.54) is 0 Å². The van der Waals surface area contributed by atoms with Gasteiger partial charge >= 0.3 is 6.09 Å². The lowest BCUT2D eigenvalue weighted by molar-refractivity contribution is 0.131. The predicted molar refractivity (Wildman–Crippen MR) is 57.3 cm³/mol. The fourth-order valence-electron chi connectivity index (χ4n) is 0.967. The molecule has 6 heteroatoms. The summed E-state index contributed by atoms with van der Waals surface area (Å²) in [5.74, 6) is 0.970. The summed E-state index contributed by atoms with van der Waals surface area (Å²) in [6.45, 7) is 5.67. The summed E-state index contributed by atoms with van der Waals surface area (Å²) in [6, 6.07) is 1.64. The molecule has 2 N–H and O–H groups in total. The largest absolute Gasteiger partial charge is 0.447 e. The number of nitrogens with zero attached hydrogens (tertiary/aromatic N) is 1. The average Bonchev–Trinajstić information content (AvgIpc) is 2.62. The van der Waals surface area contributed by atoms with E-state index in [9.17, 15) is 4.79 Å². The number of carbonyl (C=O) groups is 1. The smallest absolute Gasteiger partial charge is 0.412 e. The molecule has 90 valence electrons. The minimum atomic E-state index is -0.664. The second kappa shape index (κ2) is 4.98. The molecule has 0 saturated heterocycles. The van der Waals surface area contributed by atoms with Crippen LogP contribution >= 0.6 is 0 Å². The van der Waals surface area contributed by atoms with Gasteiger partial charge in [0, 0.05) is 11.5 Å². The van der Waals surface area contributed by atoms with Crippen molar-refractivity contribution in [2.45, 2.75) is 26.2 Å². The van der Waals surface area contributed by atoms with Gasteiger partial charge < -0.3 is 14.4 Å². The zero-order chi connectivity index (χ0) is 12.2. The van der Waals surface area contributed by atoms with Gasteiger partial charge in [-0.25, -0.2) is 4.79 Å². The molecule has 0 saturated carbocycles. The summed E-state index contributed by atoms with van der Waals surface area (Å²) in [7, 11) is 0. The first-order valence-electron chi connectivity index (χ1n) is 4.95. The van der Waals surface area contributed by atoms with Crippen LogP contribution in [0.15, 0.2) is 10.6 Å². The molecule has 0 aliphatic rings. The van der Waals surface area contributed by atoms with Crippen molar-refractivity contribution in [3.05, 3.63) is 11.8 Å². The summed E-state index contributed by atoms with van der Waals surface area (Å²) in [5.41, 5.74) is -0.165. The minimum absolute atomic E-state index is 0.0458. The zero-order valence-corrected chi connectivity index (χ0v) is 9.61. The van der Waals surface area contributed by atoms with Gasteiger partial charge in [0.2, 0.25) is 0 Å². The number of hydrogen-bond acceptors (Lipinski definition) is 5. The highest BCUT2D eigenvalue weighted by atomic mass is 16.6. The van der Waals surface area contributed by atoms with Crippen molar-refractivity contribution in [1.82, 2.24) is 5.16 Å². The Morgan fingerprint density at radius 3 is 2.81 bits per heavy atom. The van der Waals surface area contributed by atoms with Gasteiger partial charge in [-0.15, -0.1) is 0 Å². The molecule has 0 spiro atoms. The maximum Gasteiger partial charge on any atom is 0.412 e. The third-order valence-corrected chi connectivity index (χ3v) is 1.80. The van der Waals surface area contributed by atoms with Crippen LogP contribution < -0.4 is 5.32 Å². The van der Waals surface area contributed by atoms with Crippen LogP contribution in [0.25, 0.3) is 0 Å². The first-order valence-corrected chi connectivity index (χ1v) is 4.95. The molecule has 0 aliphatic heterocycles. The molecule has 0 bridgehead atoms. The van der Waals surface area contributed by atoms with Gasteiger partial charge in [0.05, 0.1) is 6.61 Å². The molecule has 1 rings (SSSR count). The Balaban J connectivity index is 2.56. The lowest BCUT2D eigenvalue weighted by Gasteiger charge is -2.11. The Morgan fingerprint density at radius 2 is 2.31 bits per heavy atom. The summed E-state index contributed by atoms with van der Waals surface area (Å²) in [4.78, 5) is 11.1. The van der Waals surface area contributed by atoms with Crippen molar-refractivity contribution in [3.8, 4) is 0 Å². The normalized spacial score (nSPS) is 11.2. The van der Waals surface area contributed by atoms with Crippen LogP contribution in [0, 0.1) is 0 Å². The van der Waals surface area contributed by atoms with Gasteiger partial charge in [0.15, 0.2) is 5.82 Å². The fourth-order valence-corrected chi connectivity index (χ4v) is 0.967. The van der Waals surface area contributed by atoms with E-state index in [4.69, 9.17) is 9.63 Å². The molecule has 1 amide bonds. The van der Waals surface area contributed by atoms with E-state index in [0.717, 1.165) is 0 Å². The van der Waals surface area contributed by atoms with E-state index in [1.807, 2.05) is 20.8 Å².